The normalized spacial score (nSPS) is 28.0. The first-order valence-corrected chi connectivity index (χ1v) is 7.85. The van der Waals surface area contributed by atoms with E-state index in [1.54, 1.807) is 20.8 Å². The predicted molar refractivity (Wildman–Crippen MR) is 78.9 cm³/mol. The van der Waals surface area contributed by atoms with Crippen LogP contribution in [0.25, 0.3) is 0 Å². The van der Waals surface area contributed by atoms with Crippen LogP contribution >= 0.6 is 23.9 Å². The first-order chi connectivity index (χ1) is 9.79. The summed E-state index contributed by atoms with van der Waals surface area (Å²) in [6.07, 6.45) is -0.640. The lowest BCUT2D eigenvalue weighted by Gasteiger charge is -2.37. The summed E-state index contributed by atoms with van der Waals surface area (Å²) in [4.78, 5) is 35.7. The molecule has 10 heteroatoms. The molecular weight excluding hydrogens is 318 g/mol. The number of carbonyl (C=O) groups excluding carboxylic acids is 2. The van der Waals surface area contributed by atoms with Crippen molar-refractivity contribution in [2.45, 2.75) is 36.9 Å². The molecule has 8 nitrogen and oxygen atoms in total. The van der Waals surface area contributed by atoms with Gasteiger partial charge in [0.1, 0.15) is 17.1 Å². The van der Waals surface area contributed by atoms with Crippen LogP contribution in [0, 0.1) is 0 Å². The van der Waals surface area contributed by atoms with Gasteiger partial charge in [-0.25, -0.2) is 14.3 Å². The van der Waals surface area contributed by atoms with Crippen LogP contribution in [0.3, 0.4) is 0 Å². The number of carboxylic acid groups (broad SMARTS) is 1. The molecular formula is C11H15N3O5S2. The van der Waals surface area contributed by atoms with Gasteiger partial charge in [-0.1, -0.05) is 0 Å². The van der Waals surface area contributed by atoms with Gasteiger partial charge in [-0.05, 0) is 20.8 Å². The van der Waals surface area contributed by atoms with Crippen molar-refractivity contribution in [1.29, 1.82) is 0 Å². The van der Waals surface area contributed by atoms with Gasteiger partial charge in [-0.15, -0.1) is 11.8 Å². The van der Waals surface area contributed by atoms with Gasteiger partial charge in [0.15, 0.2) is 0 Å². The molecule has 21 heavy (non-hydrogen) atoms. The molecule has 0 spiro atoms. The van der Waals surface area contributed by atoms with Gasteiger partial charge in [-0.2, -0.15) is 4.40 Å². The number of nitrogens with one attached hydrogen (secondary N) is 1. The Balaban J connectivity index is 2.02. The van der Waals surface area contributed by atoms with Crippen molar-refractivity contribution in [2.75, 3.05) is 6.61 Å². The molecule has 2 aliphatic heterocycles. The van der Waals surface area contributed by atoms with E-state index in [9.17, 15) is 19.5 Å². The number of ether oxygens (including phenoxy) is 1. The minimum atomic E-state index is -1.03. The maximum Gasteiger partial charge on any atom is 0.418 e. The maximum atomic E-state index is 12.0. The molecule has 2 amide bonds. The first-order valence-electron chi connectivity index (χ1n) is 6.19. The lowest BCUT2D eigenvalue weighted by atomic mass is 9.98. The average Bonchev–Trinajstić information content (AvgIpc) is 2.63. The Labute approximate surface area is 129 Å². The summed E-state index contributed by atoms with van der Waals surface area (Å²) in [6.45, 7) is 5.47. The van der Waals surface area contributed by atoms with Crippen molar-refractivity contribution in [2.24, 2.45) is 4.40 Å². The van der Waals surface area contributed by atoms with Crippen LogP contribution in [0.15, 0.2) is 4.40 Å². The molecule has 0 saturated carbocycles. The summed E-state index contributed by atoms with van der Waals surface area (Å²) >= 11 is 2.07. The summed E-state index contributed by atoms with van der Waals surface area (Å²) in [5.74, 6) is -1.44. The molecule has 0 radical (unpaired) electrons. The van der Waals surface area contributed by atoms with Gasteiger partial charge in [-0.3, -0.25) is 4.79 Å². The fourth-order valence-electron chi connectivity index (χ4n) is 2.23. The summed E-state index contributed by atoms with van der Waals surface area (Å²) < 4.78 is 10.3. The maximum absolute atomic E-state index is 12.0. The topological polar surface area (TPSA) is 108 Å². The van der Waals surface area contributed by atoms with Gasteiger partial charge in [0.25, 0.3) is 5.91 Å². The lowest BCUT2D eigenvalue weighted by molar-refractivity contribution is -0.150. The largest absolute Gasteiger partial charge is 0.480 e. The number of hydrogen-bond acceptors (Lipinski definition) is 7. The highest BCUT2D eigenvalue weighted by Crippen LogP contribution is 2.49. The molecule has 2 rings (SSSR count). The number of carboxylic acids is 1. The molecule has 2 N–H and O–H groups in total. The molecule has 0 aromatic rings. The highest BCUT2D eigenvalue weighted by atomic mass is 32.2. The van der Waals surface area contributed by atoms with Crippen molar-refractivity contribution in [1.82, 2.24) is 9.62 Å². The van der Waals surface area contributed by atoms with Crippen LogP contribution in [0.4, 0.5) is 4.79 Å². The van der Waals surface area contributed by atoms with E-state index in [1.165, 1.54) is 16.7 Å². The Morgan fingerprint density at radius 3 is 2.81 bits per heavy atom. The van der Waals surface area contributed by atoms with Gasteiger partial charge in [0.05, 0.1) is 18.7 Å². The number of hydrogen-bond donors (Lipinski definition) is 2. The van der Waals surface area contributed by atoms with Gasteiger partial charge >= 0.3 is 12.1 Å². The lowest BCUT2D eigenvalue weighted by Crippen LogP contribution is -2.63. The molecule has 2 fully saturated rings. The second kappa shape index (κ2) is 5.76. The van der Waals surface area contributed by atoms with E-state index in [2.05, 4.69) is 13.9 Å². The Kier molecular flexibility index (Phi) is 4.38. The number of carbonyl (C=O) groups is 3. The highest BCUT2D eigenvalue weighted by Gasteiger charge is 2.62. The van der Waals surface area contributed by atoms with E-state index in [0.29, 0.717) is 12.1 Å². The Morgan fingerprint density at radius 1 is 1.57 bits per heavy atom. The second-order valence-electron chi connectivity index (χ2n) is 4.92. The fraction of sp³-hybridized carbons (Fsp3) is 0.636. The molecule has 2 aliphatic rings. The number of thioether (sulfide) groups is 1. The average molecular weight is 333 g/mol. The van der Waals surface area contributed by atoms with E-state index in [-0.39, 0.29) is 17.7 Å². The van der Waals surface area contributed by atoms with E-state index in [4.69, 9.17) is 0 Å². The standard InChI is InChI=1S/C11H15N3O5S2/c1-4-19-10(18)13-21-12-5-7(15)14-6(9(16)17)11(2,3)20-8(5)14/h6,8H,4H2,1-3H3,(H,13,18)(H,16,17)/t6-,8+/m0/s1. The predicted octanol–water partition coefficient (Wildman–Crippen LogP) is 0.884. The summed E-state index contributed by atoms with van der Waals surface area (Å²) in [7, 11) is 0. The third-order valence-electron chi connectivity index (χ3n) is 3.07. The molecule has 0 bridgehead atoms. The van der Waals surface area contributed by atoms with Crippen molar-refractivity contribution in [3.63, 3.8) is 0 Å². The summed E-state index contributed by atoms with van der Waals surface area (Å²) in [6, 6.07) is -0.873. The molecule has 2 atom stereocenters. The minimum absolute atomic E-state index is 0.239. The number of β-lactam (4-membered cyclic amide) rings is 1. The molecule has 2 heterocycles. The van der Waals surface area contributed by atoms with E-state index in [1.807, 2.05) is 0 Å². The molecule has 0 aliphatic carbocycles. The molecule has 0 aromatic heterocycles. The van der Waals surface area contributed by atoms with Crippen molar-refractivity contribution in [3.05, 3.63) is 0 Å². The van der Waals surface area contributed by atoms with Crippen LogP contribution < -0.4 is 4.72 Å². The zero-order valence-electron chi connectivity index (χ0n) is 11.7. The van der Waals surface area contributed by atoms with E-state index >= 15 is 0 Å². The minimum Gasteiger partial charge on any atom is -0.480 e. The van der Waals surface area contributed by atoms with Crippen LogP contribution in [0.5, 0.6) is 0 Å². The SMILES string of the molecule is CCOC(=O)NSN=C1C(=O)N2[C@@H]1SC(C)(C)[C@@H]2C(=O)O. The smallest absolute Gasteiger partial charge is 0.418 e. The van der Waals surface area contributed by atoms with Gasteiger partial charge in [0.2, 0.25) is 0 Å². The zero-order chi connectivity index (χ0) is 15.8. The number of aliphatic carboxylic acids is 1. The number of rotatable bonds is 4. The third-order valence-corrected chi connectivity index (χ3v) is 5.12. The van der Waals surface area contributed by atoms with Gasteiger partial charge < -0.3 is 14.7 Å². The van der Waals surface area contributed by atoms with E-state index < -0.39 is 28.8 Å². The van der Waals surface area contributed by atoms with Crippen LogP contribution in [0.1, 0.15) is 20.8 Å². The summed E-state index contributed by atoms with van der Waals surface area (Å²) in [5, 5.41) is 8.87. The highest BCUT2D eigenvalue weighted by molar-refractivity contribution is 8.02. The monoisotopic (exact) mass is 333 g/mol. The van der Waals surface area contributed by atoms with Crippen LogP contribution in [-0.2, 0) is 14.3 Å². The quantitative estimate of drug-likeness (QED) is 0.581. The van der Waals surface area contributed by atoms with Gasteiger partial charge in [0, 0.05) is 4.75 Å². The Morgan fingerprint density at radius 2 is 2.24 bits per heavy atom. The fourth-order valence-corrected chi connectivity index (χ4v) is 4.27. The zero-order valence-corrected chi connectivity index (χ0v) is 13.3. The van der Waals surface area contributed by atoms with E-state index in [0.717, 1.165) is 0 Å². The second-order valence-corrected chi connectivity index (χ2v) is 7.22. The van der Waals surface area contributed by atoms with Crippen molar-refractivity contribution >= 4 is 47.6 Å². The number of amides is 2. The van der Waals surface area contributed by atoms with Crippen molar-refractivity contribution < 1.29 is 24.2 Å². The summed E-state index contributed by atoms with van der Waals surface area (Å²) in [5.41, 5.74) is 0.249. The molecule has 0 unspecified atom stereocenters. The molecule has 116 valence electrons. The third kappa shape index (κ3) is 2.82. The Bertz CT molecular complexity index is 522. The molecule has 0 aromatic carbocycles. The van der Waals surface area contributed by atoms with Crippen LogP contribution in [-0.4, -0.2) is 56.5 Å². The van der Waals surface area contributed by atoms with Crippen molar-refractivity contribution in [3.8, 4) is 0 Å². The van der Waals surface area contributed by atoms with Crippen LogP contribution in [0.2, 0.25) is 0 Å². The Hall–Kier alpha value is -1.42. The number of nitrogens with zero attached hydrogens (tertiary/aromatic N) is 2. The number of fused-ring (bicyclic) bond motifs is 1. The molecule has 2 saturated heterocycles. The first kappa shape index (κ1) is 16.0.